The zero-order valence-corrected chi connectivity index (χ0v) is 20.6. The molecular formula is C29H45NO. The molecule has 31 heavy (non-hydrogen) atoms. The average Bonchev–Trinajstić information content (AvgIpc) is 3.22. The third kappa shape index (κ3) is 3.74. The van der Waals surface area contributed by atoms with Gasteiger partial charge < -0.3 is 5.11 Å². The van der Waals surface area contributed by atoms with Crippen LogP contribution in [0.5, 0.6) is 0 Å². The number of allylic oxidation sites excluding steroid dienone is 1. The van der Waals surface area contributed by atoms with E-state index in [2.05, 4.69) is 46.4 Å². The Morgan fingerprint density at radius 1 is 1.23 bits per heavy atom. The van der Waals surface area contributed by atoms with Crippen molar-refractivity contribution < 1.29 is 5.11 Å². The minimum atomic E-state index is -1.01. The van der Waals surface area contributed by atoms with Gasteiger partial charge >= 0.3 is 0 Å². The van der Waals surface area contributed by atoms with Crippen LogP contribution in [-0.2, 0) is 0 Å². The van der Waals surface area contributed by atoms with Gasteiger partial charge in [-0.15, -0.1) is 0 Å². The number of aliphatic hydroxyl groups is 1. The van der Waals surface area contributed by atoms with Crippen molar-refractivity contribution in [1.29, 1.82) is 5.26 Å². The molecule has 1 N–H and O–H groups in total. The van der Waals surface area contributed by atoms with Gasteiger partial charge in [0.2, 0.25) is 0 Å². The SMILES string of the molecule is C=C1CCC2CC12[C@@](O)(/C=C1\CCC[C@]2(C)[C@@H]([C@H](C)CCCC(C)C)CC[C@@H]12)CC#N. The fourth-order valence-electron chi connectivity index (χ4n) is 8.52. The molecule has 2 unspecified atom stereocenters. The van der Waals surface area contributed by atoms with Crippen molar-refractivity contribution in [2.45, 2.75) is 110 Å². The average molecular weight is 424 g/mol. The van der Waals surface area contributed by atoms with E-state index in [0.29, 0.717) is 17.3 Å². The summed E-state index contributed by atoms with van der Waals surface area (Å²) in [5.74, 6) is 3.52. The lowest BCUT2D eigenvalue weighted by molar-refractivity contribution is 0.0276. The minimum Gasteiger partial charge on any atom is -0.384 e. The minimum absolute atomic E-state index is 0.203. The smallest absolute Gasteiger partial charge is 0.105 e. The molecule has 7 atom stereocenters. The van der Waals surface area contributed by atoms with Crippen molar-refractivity contribution >= 4 is 0 Å². The van der Waals surface area contributed by atoms with Crippen LogP contribution in [0.1, 0.15) is 105 Å². The predicted octanol–water partition coefficient (Wildman–Crippen LogP) is 7.59. The molecule has 4 aliphatic carbocycles. The molecule has 4 aliphatic rings. The lowest BCUT2D eigenvalue weighted by atomic mass is 9.60. The highest BCUT2D eigenvalue weighted by atomic mass is 16.3. The second-order valence-corrected chi connectivity index (χ2v) is 12.4. The first-order valence-electron chi connectivity index (χ1n) is 13.2. The van der Waals surface area contributed by atoms with Crippen LogP contribution in [0.3, 0.4) is 0 Å². The van der Waals surface area contributed by atoms with Crippen molar-refractivity contribution in [1.82, 2.24) is 0 Å². The molecule has 0 aromatic carbocycles. The van der Waals surface area contributed by atoms with Gasteiger partial charge in [0.25, 0.3) is 0 Å². The summed E-state index contributed by atoms with van der Waals surface area (Å²) in [6.07, 6.45) is 16.0. The summed E-state index contributed by atoms with van der Waals surface area (Å²) >= 11 is 0. The van der Waals surface area contributed by atoms with E-state index in [1.165, 1.54) is 56.1 Å². The summed E-state index contributed by atoms with van der Waals surface area (Å²) in [7, 11) is 0. The van der Waals surface area contributed by atoms with Crippen molar-refractivity contribution in [3.63, 3.8) is 0 Å². The van der Waals surface area contributed by atoms with Crippen molar-refractivity contribution in [2.75, 3.05) is 0 Å². The summed E-state index contributed by atoms with van der Waals surface area (Å²) in [4.78, 5) is 0. The number of fused-ring (bicyclic) bond motifs is 2. The molecule has 4 fully saturated rings. The van der Waals surface area contributed by atoms with Crippen molar-refractivity contribution in [3.05, 3.63) is 23.8 Å². The first-order chi connectivity index (χ1) is 14.7. The van der Waals surface area contributed by atoms with Gasteiger partial charge in [0, 0.05) is 5.41 Å². The molecule has 4 rings (SSSR count). The zero-order chi connectivity index (χ0) is 22.4. The molecule has 0 aliphatic heterocycles. The lowest BCUT2D eigenvalue weighted by Crippen LogP contribution is -2.41. The maximum Gasteiger partial charge on any atom is 0.105 e. The monoisotopic (exact) mass is 423 g/mol. The molecule has 0 amide bonds. The van der Waals surface area contributed by atoms with E-state index >= 15 is 0 Å². The maximum absolute atomic E-state index is 11.9. The Bertz CT molecular complexity index is 774. The highest BCUT2D eigenvalue weighted by Crippen LogP contribution is 2.72. The number of nitriles is 1. The molecule has 0 aromatic heterocycles. The normalized spacial score (nSPS) is 41.0. The molecule has 0 radical (unpaired) electrons. The third-order valence-corrected chi connectivity index (χ3v) is 10.2. The largest absolute Gasteiger partial charge is 0.384 e. The zero-order valence-electron chi connectivity index (χ0n) is 20.6. The van der Waals surface area contributed by atoms with Crippen LogP contribution in [0.2, 0.25) is 0 Å². The first-order valence-corrected chi connectivity index (χ1v) is 13.2. The Kier molecular flexibility index (Phi) is 6.24. The molecular weight excluding hydrogens is 378 g/mol. The van der Waals surface area contributed by atoms with Crippen LogP contribution < -0.4 is 0 Å². The summed E-state index contributed by atoms with van der Waals surface area (Å²) in [5.41, 5.74) is 1.83. The first kappa shape index (κ1) is 23.1. The van der Waals surface area contributed by atoms with Gasteiger partial charge in [-0.05, 0) is 86.4 Å². The Labute approximate surface area is 191 Å². The summed E-state index contributed by atoms with van der Waals surface area (Å²) in [6, 6.07) is 2.34. The third-order valence-electron chi connectivity index (χ3n) is 10.2. The van der Waals surface area contributed by atoms with Gasteiger partial charge in [0.05, 0.1) is 12.5 Å². The van der Waals surface area contributed by atoms with E-state index < -0.39 is 5.60 Å². The van der Waals surface area contributed by atoms with Crippen LogP contribution in [0, 0.1) is 51.8 Å². The number of rotatable bonds is 8. The maximum atomic E-state index is 11.9. The van der Waals surface area contributed by atoms with E-state index in [4.69, 9.17) is 0 Å². The standard InChI is InChI=1S/C29H45NO/c1-20(2)8-6-9-21(3)25-13-14-26-23(10-7-15-27(25,26)5)18-28(31,16-17-30)29-19-24(29)12-11-22(29)4/h18,20-21,24-26,31H,4,6-16,19H2,1-3,5H3/b23-18+/t21-,24?,25-,26+,27-,28+,29?/m1/s1. The second-order valence-electron chi connectivity index (χ2n) is 12.4. The molecule has 2 nitrogen and oxygen atoms in total. The Morgan fingerprint density at radius 2 is 2.00 bits per heavy atom. The number of hydrogen-bond donors (Lipinski definition) is 1. The highest BCUT2D eigenvalue weighted by molar-refractivity contribution is 5.40. The van der Waals surface area contributed by atoms with E-state index in [1.807, 2.05) is 0 Å². The molecule has 172 valence electrons. The predicted molar refractivity (Wildman–Crippen MR) is 128 cm³/mol. The van der Waals surface area contributed by atoms with Crippen molar-refractivity contribution in [2.24, 2.45) is 40.4 Å². The van der Waals surface area contributed by atoms with Gasteiger partial charge in [0.1, 0.15) is 5.60 Å². The van der Waals surface area contributed by atoms with E-state index in [0.717, 1.165) is 43.4 Å². The molecule has 0 spiro atoms. The topological polar surface area (TPSA) is 44.0 Å². The highest BCUT2D eigenvalue weighted by Gasteiger charge is 2.69. The lowest BCUT2D eigenvalue weighted by Gasteiger charge is -2.45. The van der Waals surface area contributed by atoms with Crippen LogP contribution in [0.15, 0.2) is 23.8 Å². The fraction of sp³-hybridized carbons (Fsp3) is 0.828. The van der Waals surface area contributed by atoms with Crippen LogP contribution in [0.4, 0.5) is 0 Å². The van der Waals surface area contributed by atoms with E-state index in [9.17, 15) is 10.4 Å². The summed E-state index contributed by atoms with van der Waals surface area (Å²) in [6.45, 7) is 14.1. The number of nitrogens with zero attached hydrogens (tertiary/aromatic N) is 1. The van der Waals surface area contributed by atoms with Gasteiger partial charge in [-0.25, -0.2) is 0 Å². The van der Waals surface area contributed by atoms with E-state index in [1.54, 1.807) is 0 Å². The molecule has 0 heterocycles. The molecule has 4 saturated carbocycles. The molecule has 0 bridgehead atoms. The second kappa shape index (κ2) is 8.37. The van der Waals surface area contributed by atoms with E-state index in [-0.39, 0.29) is 11.8 Å². The number of hydrogen-bond acceptors (Lipinski definition) is 2. The van der Waals surface area contributed by atoms with Crippen molar-refractivity contribution in [3.8, 4) is 6.07 Å². The van der Waals surface area contributed by atoms with Crippen LogP contribution in [-0.4, -0.2) is 10.7 Å². The van der Waals surface area contributed by atoms with Gasteiger partial charge in [-0.1, -0.05) is 70.8 Å². The Balaban J connectivity index is 1.56. The van der Waals surface area contributed by atoms with Gasteiger partial charge in [-0.3, -0.25) is 0 Å². The van der Waals surface area contributed by atoms with Crippen LogP contribution >= 0.6 is 0 Å². The van der Waals surface area contributed by atoms with Gasteiger partial charge in [-0.2, -0.15) is 5.26 Å². The Morgan fingerprint density at radius 3 is 2.61 bits per heavy atom. The quantitative estimate of drug-likeness (QED) is 0.409. The molecule has 2 heteroatoms. The molecule has 0 saturated heterocycles. The van der Waals surface area contributed by atoms with Gasteiger partial charge in [0.15, 0.2) is 0 Å². The fourth-order valence-corrected chi connectivity index (χ4v) is 8.52. The summed E-state index contributed by atoms with van der Waals surface area (Å²) in [5, 5.41) is 21.5. The van der Waals surface area contributed by atoms with Crippen LogP contribution in [0.25, 0.3) is 0 Å². The Hall–Kier alpha value is -1.07. The molecule has 0 aromatic rings. The summed E-state index contributed by atoms with van der Waals surface area (Å²) < 4.78 is 0.